The first kappa shape index (κ1) is 12.9. The lowest BCUT2D eigenvalue weighted by Gasteiger charge is -2.08. The molecule has 0 aliphatic carbocycles. The summed E-state index contributed by atoms with van der Waals surface area (Å²) in [6.45, 7) is 4.00. The number of carbonyl (C=O) groups is 1. The van der Waals surface area contributed by atoms with Crippen LogP contribution in [-0.2, 0) is 6.42 Å². The molecule has 0 amide bonds. The van der Waals surface area contributed by atoms with Gasteiger partial charge in [0.2, 0.25) is 0 Å². The van der Waals surface area contributed by atoms with Gasteiger partial charge in [0.25, 0.3) is 0 Å². The lowest BCUT2D eigenvalue weighted by molar-refractivity contribution is 0.0983. The SMILES string of the molecule is CC(C)n1ncnc1CC(=O)c1ncccc1Br. The van der Waals surface area contributed by atoms with Gasteiger partial charge in [0.05, 0.1) is 6.42 Å². The highest BCUT2D eigenvalue weighted by atomic mass is 79.9. The van der Waals surface area contributed by atoms with E-state index in [1.54, 1.807) is 23.0 Å². The van der Waals surface area contributed by atoms with Gasteiger partial charge >= 0.3 is 0 Å². The molecule has 2 aromatic heterocycles. The Morgan fingerprint density at radius 3 is 2.89 bits per heavy atom. The molecule has 5 nitrogen and oxygen atoms in total. The van der Waals surface area contributed by atoms with Crippen LogP contribution in [0.1, 0.15) is 36.2 Å². The molecule has 0 radical (unpaired) electrons. The molecule has 0 saturated carbocycles. The number of pyridine rings is 1. The third-order valence-electron chi connectivity index (χ3n) is 2.48. The van der Waals surface area contributed by atoms with E-state index < -0.39 is 0 Å². The zero-order chi connectivity index (χ0) is 13.1. The fourth-order valence-corrected chi connectivity index (χ4v) is 2.13. The molecule has 0 saturated heterocycles. The minimum Gasteiger partial charge on any atom is -0.292 e. The molecule has 2 rings (SSSR count). The number of carbonyl (C=O) groups excluding carboxylic acids is 1. The van der Waals surface area contributed by atoms with Crippen LogP contribution < -0.4 is 0 Å². The van der Waals surface area contributed by atoms with E-state index in [9.17, 15) is 4.79 Å². The Balaban J connectivity index is 2.22. The zero-order valence-electron chi connectivity index (χ0n) is 10.2. The number of halogens is 1. The van der Waals surface area contributed by atoms with Crippen molar-refractivity contribution in [1.29, 1.82) is 0 Å². The molecule has 18 heavy (non-hydrogen) atoms. The molecule has 0 atom stereocenters. The number of rotatable bonds is 4. The summed E-state index contributed by atoms with van der Waals surface area (Å²) in [7, 11) is 0. The normalized spacial score (nSPS) is 10.9. The van der Waals surface area contributed by atoms with Crippen LogP contribution in [-0.4, -0.2) is 25.5 Å². The quantitative estimate of drug-likeness (QED) is 0.814. The summed E-state index contributed by atoms with van der Waals surface area (Å²) in [5.74, 6) is 0.588. The average Bonchev–Trinajstić information content (AvgIpc) is 2.77. The van der Waals surface area contributed by atoms with E-state index in [1.165, 1.54) is 6.33 Å². The average molecular weight is 309 g/mol. The molecular weight excluding hydrogens is 296 g/mol. The second-order valence-electron chi connectivity index (χ2n) is 4.15. The minimum absolute atomic E-state index is 0.0719. The van der Waals surface area contributed by atoms with Crippen LogP contribution in [0, 0.1) is 0 Å². The lowest BCUT2D eigenvalue weighted by atomic mass is 10.2. The molecular formula is C12H13BrN4O. The molecule has 0 aliphatic rings. The minimum atomic E-state index is -0.0719. The topological polar surface area (TPSA) is 60.7 Å². The van der Waals surface area contributed by atoms with Crippen molar-refractivity contribution >= 4 is 21.7 Å². The van der Waals surface area contributed by atoms with Gasteiger partial charge in [-0.3, -0.25) is 9.78 Å². The molecule has 0 aliphatic heterocycles. The van der Waals surface area contributed by atoms with Crippen LogP contribution in [0.2, 0.25) is 0 Å². The predicted molar refractivity (Wildman–Crippen MR) is 70.4 cm³/mol. The van der Waals surface area contributed by atoms with E-state index in [4.69, 9.17) is 0 Å². The number of Topliss-reactive ketones (excluding diaryl/α,β-unsaturated/α-hetero) is 1. The number of nitrogens with zero attached hydrogens (tertiary/aromatic N) is 4. The molecule has 0 unspecified atom stereocenters. The number of hydrogen-bond donors (Lipinski definition) is 0. The molecule has 94 valence electrons. The number of aromatic nitrogens is 4. The van der Waals surface area contributed by atoms with Gasteiger partial charge in [0.1, 0.15) is 17.8 Å². The van der Waals surface area contributed by atoms with Crippen LogP contribution in [0.4, 0.5) is 0 Å². The van der Waals surface area contributed by atoms with Crippen molar-refractivity contribution in [2.24, 2.45) is 0 Å². The van der Waals surface area contributed by atoms with Gasteiger partial charge in [0, 0.05) is 16.7 Å². The Kier molecular flexibility index (Phi) is 3.86. The second kappa shape index (κ2) is 5.39. The van der Waals surface area contributed by atoms with Gasteiger partial charge in [-0.2, -0.15) is 5.10 Å². The molecule has 0 fully saturated rings. The van der Waals surface area contributed by atoms with E-state index >= 15 is 0 Å². The van der Waals surface area contributed by atoms with E-state index in [0.717, 1.165) is 0 Å². The lowest BCUT2D eigenvalue weighted by Crippen LogP contribution is -2.14. The van der Waals surface area contributed by atoms with Crippen molar-refractivity contribution in [3.8, 4) is 0 Å². The van der Waals surface area contributed by atoms with Crippen LogP contribution in [0.25, 0.3) is 0 Å². The molecule has 0 N–H and O–H groups in total. The van der Waals surface area contributed by atoms with Gasteiger partial charge in [-0.1, -0.05) is 0 Å². The highest BCUT2D eigenvalue weighted by Gasteiger charge is 2.16. The summed E-state index contributed by atoms with van der Waals surface area (Å²) >= 11 is 3.32. The van der Waals surface area contributed by atoms with Crippen molar-refractivity contribution in [1.82, 2.24) is 19.7 Å². The van der Waals surface area contributed by atoms with Crippen LogP contribution in [0.15, 0.2) is 29.1 Å². The Bertz CT molecular complexity index is 565. The predicted octanol–water partition coefficient (Wildman–Crippen LogP) is 2.44. The summed E-state index contributed by atoms with van der Waals surface area (Å²) in [6, 6.07) is 3.76. The van der Waals surface area contributed by atoms with Gasteiger partial charge in [0.15, 0.2) is 5.78 Å². The first-order chi connectivity index (χ1) is 8.59. The summed E-state index contributed by atoms with van der Waals surface area (Å²) in [4.78, 5) is 20.3. The summed E-state index contributed by atoms with van der Waals surface area (Å²) in [5, 5.41) is 4.11. The number of ketones is 1. The highest BCUT2D eigenvalue weighted by molar-refractivity contribution is 9.10. The second-order valence-corrected chi connectivity index (χ2v) is 5.00. The Morgan fingerprint density at radius 1 is 1.44 bits per heavy atom. The maximum atomic E-state index is 12.1. The first-order valence-corrected chi connectivity index (χ1v) is 6.41. The van der Waals surface area contributed by atoms with Crippen LogP contribution >= 0.6 is 15.9 Å². The van der Waals surface area contributed by atoms with Crippen molar-refractivity contribution < 1.29 is 4.79 Å². The van der Waals surface area contributed by atoms with Gasteiger partial charge in [-0.05, 0) is 41.9 Å². The fraction of sp³-hybridized carbons (Fsp3) is 0.333. The summed E-state index contributed by atoms with van der Waals surface area (Å²) in [6.07, 6.45) is 3.27. The van der Waals surface area contributed by atoms with Crippen LogP contribution in [0.3, 0.4) is 0 Å². The Morgan fingerprint density at radius 2 is 2.22 bits per heavy atom. The third kappa shape index (κ3) is 2.64. The van der Waals surface area contributed by atoms with Crippen molar-refractivity contribution in [3.05, 3.63) is 40.6 Å². The Hall–Kier alpha value is -1.56. The first-order valence-electron chi connectivity index (χ1n) is 5.61. The zero-order valence-corrected chi connectivity index (χ0v) is 11.8. The van der Waals surface area contributed by atoms with E-state index in [2.05, 4.69) is 31.0 Å². The van der Waals surface area contributed by atoms with E-state index in [0.29, 0.717) is 16.0 Å². The van der Waals surface area contributed by atoms with Crippen LogP contribution in [0.5, 0.6) is 0 Å². The molecule has 2 aromatic rings. The third-order valence-corrected chi connectivity index (χ3v) is 3.12. The van der Waals surface area contributed by atoms with E-state index in [1.807, 2.05) is 13.8 Å². The summed E-state index contributed by atoms with van der Waals surface area (Å²) in [5.41, 5.74) is 0.427. The molecule has 0 spiro atoms. The molecule has 0 aromatic carbocycles. The summed E-state index contributed by atoms with van der Waals surface area (Å²) < 4.78 is 2.44. The van der Waals surface area contributed by atoms with Crippen molar-refractivity contribution in [2.75, 3.05) is 0 Å². The van der Waals surface area contributed by atoms with Crippen molar-refractivity contribution in [2.45, 2.75) is 26.3 Å². The maximum Gasteiger partial charge on any atom is 0.189 e. The maximum absolute atomic E-state index is 12.1. The number of hydrogen-bond acceptors (Lipinski definition) is 4. The highest BCUT2D eigenvalue weighted by Crippen LogP contribution is 2.16. The molecule has 6 heteroatoms. The standard InChI is InChI=1S/C12H13BrN4O/c1-8(2)17-11(15-7-16-17)6-10(18)12-9(13)4-3-5-14-12/h3-5,7-8H,6H2,1-2H3. The largest absolute Gasteiger partial charge is 0.292 e. The smallest absolute Gasteiger partial charge is 0.189 e. The molecule has 0 bridgehead atoms. The van der Waals surface area contributed by atoms with Gasteiger partial charge in [-0.25, -0.2) is 9.67 Å². The van der Waals surface area contributed by atoms with E-state index in [-0.39, 0.29) is 18.2 Å². The monoisotopic (exact) mass is 308 g/mol. The van der Waals surface area contributed by atoms with Crippen molar-refractivity contribution in [3.63, 3.8) is 0 Å². The Labute approximate surface area is 113 Å². The fourth-order valence-electron chi connectivity index (χ4n) is 1.65. The van der Waals surface area contributed by atoms with Gasteiger partial charge in [-0.15, -0.1) is 0 Å². The molecule has 2 heterocycles. The van der Waals surface area contributed by atoms with Gasteiger partial charge < -0.3 is 0 Å².